The topological polar surface area (TPSA) is 27.7 Å². The van der Waals surface area contributed by atoms with Crippen LogP contribution in [0, 0.1) is 0 Å². The Labute approximate surface area is 96.3 Å². The maximum absolute atomic E-state index is 5.79. The quantitative estimate of drug-likeness (QED) is 0.784. The zero-order valence-corrected chi connectivity index (χ0v) is 9.86. The molecule has 1 unspecified atom stereocenters. The van der Waals surface area contributed by atoms with Gasteiger partial charge in [0.1, 0.15) is 5.75 Å². The Balaban J connectivity index is 2.24. The van der Waals surface area contributed by atoms with Crippen LogP contribution in [0.4, 0.5) is 0 Å². The van der Waals surface area contributed by atoms with E-state index >= 15 is 0 Å². The second-order valence-electron chi connectivity index (χ2n) is 3.87. The van der Waals surface area contributed by atoms with Crippen molar-refractivity contribution in [3.05, 3.63) is 29.8 Å². The SMILES string of the molecule is CCOC1(c2ccc(OC)cc2)CCCO1. The summed E-state index contributed by atoms with van der Waals surface area (Å²) < 4.78 is 16.7. The number of hydrogen-bond acceptors (Lipinski definition) is 3. The lowest BCUT2D eigenvalue weighted by molar-refractivity contribution is -0.216. The summed E-state index contributed by atoms with van der Waals surface area (Å²) in [5.41, 5.74) is 1.08. The second kappa shape index (κ2) is 4.85. The van der Waals surface area contributed by atoms with Gasteiger partial charge in [-0.2, -0.15) is 0 Å². The largest absolute Gasteiger partial charge is 0.497 e. The summed E-state index contributed by atoms with van der Waals surface area (Å²) in [7, 11) is 1.67. The minimum Gasteiger partial charge on any atom is -0.497 e. The third kappa shape index (κ3) is 2.06. The molecule has 2 rings (SSSR count). The summed E-state index contributed by atoms with van der Waals surface area (Å²) in [6.07, 6.45) is 1.97. The molecule has 16 heavy (non-hydrogen) atoms. The monoisotopic (exact) mass is 222 g/mol. The van der Waals surface area contributed by atoms with Crippen molar-refractivity contribution in [1.82, 2.24) is 0 Å². The normalized spacial score (nSPS) is 24.6. The van der Waals surface area contributed by atoms with Gasteiger partial charge < -0.3 is 14.2 Å². The first kappa shape index (κ1) is 11.4. The average molecular weight is 222 g/mol. The lowest BCUT2D eigenvalue weighted by Gasteiger charge is -2.28. The molecule has 3 heteroatoms. The van der Waals surface area contributed by atoms with Crippen LogP contribution in [0.3, 0.4) is 0 Å². The fraction of sp³-hybridized carbons (Fsp3) is 0.538. The van der Waals surface area contributed by atoms with E-state index in [9.17, 15) is 0 Å². The van der Waals surface area contributed by atoms with E-state index in [0.29, 0.717) is 6.61 Å². The zero-order valence-electron chi connectivity index (χ0n) is 9.86. The summed E-state index contributed by atoms with van der Waals surface area (Å²) in [5, 5.41) is 0. The number of ether oxygens (including phenoxy) is 3. The molecule has 0 spiro atoms. The van der Waals surface area contributed by atoms with Gasteiger partial charge in [-0.3, -0.25) is 0 Å². The maximum Gasteiger partial charge on any atom is 0.194 e. The van der Waals surface area contributed by atoms with Crippen molar-refractivity contribution in [2.24, 2.45) is 0 Å². The van der Waals surface area contributed by atoms with Crippen LogP contribution >= 0.6 is 0 Å². The number of methoxy groups -OCH3 is 1. The van der Waals surface area contributed by atoms with Crippen molar-refractivity contribution in [2.75, 3.05) is 20.3 Å². The Kier molecular flexibility index (Phi) is 3.46. The van der Waals surface area contributed by atoms with Crippen LogP contribution in [0.5, 0.6) is 5.75 Å². The van der Waals surface area contributed by atoms with Crippen LogP contribution in [0.15, 0.2) is 24.3 Å². The Morgan fingerprint density at radius 1 is 1.31 bits per heavy atom. The van der Waals surface area contributed by atoms with Gasteiger partial charge in [-0.15, -0.1) is 0 Å². The molecule has 0 bridgehead atoms. The minimum absolute atomic E-state index is 0.527. The highest BCUT2D eigenvalue weighted by molar-refractivity contribution is 5.30. The Morgan fingerprint density at radius 3 is 2.56 bits per heavy atom. The van der Waals surface area contributed by atoms with Crippen LogP contribution in [-0.2, 0) is 15.3 Å². The first-order chi connectivity index (χ1) is 7.80. The fourth-order valence-corrected chi connectivity index (χ4v) is 2.12. The molecule has 3 nitrogen and oxygen atoms in total. The first-order valence-electron chi connectivity index (χ1n) is 5.73. The predicted octanol–water partition coefficient (Wildman–Crippen LogP) is 2.69. The van der Waals surface area contributed by atoms with Gasteiger partial charge in [-0.25, -0.2) is 0 Å². The van der Waals surface area contributed by atoms with Crippen molar-refractivity contribution in [1.29, 1.82) is 0 Å². The molecule has 1 fully saturated rings. The molecule has 0 saturated carbocycles. The maximum atomic E-state index is 5.79. The van der Waals surface area contributed by atoms with E-state index in [1.54, 1.807) is 7.11 Å². The highest BCUT2D eigenvalue weighted by Crippen LogP contribution is 2.37. The van der Waals surface area contributed by atoms with E-state index in [1.807, 2.05) is 31.2 Å². The second-order valence-corrected chi connectivity index (χ2v) is 3.87. The van der Waals surface area contributed by atoms with Crippen LogP contribution in [0.1, 0.15) is 25.3 Å². The van der Waals surface area contributed by atoms with E-state index in [0.717, 1.165) is 30.8 Å². The van der Waals surface area contributed by atoms with Gasteiger partial charge in [-0.1, -0.05) is 0 Å². The van der Waals surface area contributed by atoms with Crippen LogP contribution in [0.25, 0.3) is 0 Å². The molecule has 0 radical (unpaired) electrons. The number of benzene rings is 1. The third-order valence-corrected chi connectivity index (χ3v) is 2.89. The van der Waals surface area contributed by atoms with Crippen LogP contribution in [-0.4, -0.2) is 20.3 Å². The summed E-state index contributed by atoms with van der Waals surface area (Å²) in [4.78, 5) is 0. The van der Waals surface area contributed by atoms with Gasteiger partial charge in [0.05, 0.1) is 13.7 Å². The molecule has 1 aromatic rings. The first-order valence-corrected chi connectivity index (χ1v) is 5.73. The molecule has 1 aromatic carbocycles. The molecular formula is C13H18O3. The Morgan fingerprint density at radius 2 is 2.06 bits per heavy atom. The van der Waals surface area contributed by atoms with Crippen LogP contribution in [0.2, 0.25) is 0 Å². The van der Waals surface area contributed by atoms with Crippen molar-refractivity contribution < 1.29 is 14.2 Å². The lowest BCUT2D eigenvalue weighted by Crippen LogP contribution is -2.28. The van der Waals surface area contributed by atoms with Gasteiger partial charge >= 0.3 is 0 Å². The van der Waals surface area contributed by atoms with E-state index in [2.05, 4.69) is 0 Å². The molecule has 1 heterocycles. The lowest BCUT2D eigenvalue weighted by atomic mass is 10.0. The van der Waals surface area contributed by atoms with E-state index in [-0.39, 0.29) is 0 Å². The summed E-state index contributed by atoms with van der Waals surface area (Å²) >= 11 is 0. The van der Waals surface area contributed by atoms with Crippen LogP contribution < -0.4 is 4.74 Å². The van der Waals surface area contributed by atoms with Gasteiger partial charge in [0.25, 0.3) is 0 Å². The average Bonchev–Trinajstić information content (AvgIpc) is 2.80. The van der Waals surface area contributed by atoms with Gasteiger partial charge in [0.15, 0.2) is 5.79 Å². The number of rotatable bonds is 4. The molecule has 0 aliphatic carbocycles. The minimum atomic E-state index is -0.527. The number of hydrogen-bond donors (Lipinski definition) is 0. The van der Waals surface area contributed by atoms with Gasteiger partial charge in [0, 0.05) is 18.6 Å². The van der Waals surface area contributed by atoms with Gasteiger partial charge in [0.2, 0.25) is 0 Å². The van der Waals surface area contributed by atoms with E-state index in [4.69, 9.17) is 14.2 Å². The van der Waals surface area contributed by atoms with Crippen molar-refractivity contribution in [3.63, 3.8) is 0 Å². The van der Waals surface area contributed by atoms with Crippen molar-refractivity contribution in [2.45, 2.75) is 25.6 Å². The molecule has 1 atom stereocenters. The molecule has 0 aromatic heterocycles. The van der Waals surface area contributed by atoms with E-state index in [1.165, 1.54) is 0 Å². The Bertz CT molecular complexity index is 326. The molecule has 88 valence electrons. The van der Waals surface area contributed by atoms with Crippen molar-refractivity contribution >= 4 is 0 Å². The summed E-state index contributed by atoms with van der Waals surface area (Å²) in [6.45, 7) is 3.42. The standard InChI is InChI=1S/C13H18O3/c1-3-15-13(9-4-10-16-13)11-5-7-12(14-2)8-6-11/h5-8H,3-4,9-10H2,1-2H3. The summed E-state index contributed by atoms with van der Waals surface area (Å²) in [6, 6.07) is 7.91. The molecule has 0 amide bonds. The van der Waals surface area contributed by atoms with E-state index < -0.39 is 5.79 Å². The predicted molar refractivity (Wildman–Crippen MR) is 61.5 cm³/mol. The van der Waals surface area contributed by atoms with Crippen molar-refractivity contribution in [3.8, 4) is 5.75 Å². The highest BCUT2D eigenvalue weighted by atomic mass is 16.7. The molecular weight excluding hydrogens is 204 g/mol. The zero-order chi connectivity index (χ0) is 11.4. The third-order valence-electron chi connectivity index (χ3n) is 2.89. The Hall–Kier alpha value is -1.06. The summed E-state index contributed by atoms with van der Waals surface area (Å²) in [5.74, 6) is 0.328. The molecule has 1 saturated heterocycles. The molecule has 1 aliphatic heterocycles. The molecule has 0 N–H and O–H groups in total. The highest BCUT2D eigenvalue weighted by Gasteiger charge is 2.37. The fourth-order valence-electron chi connectivity index (χ4n) is 2.12. The smallest absolute Gasteiger partial charge is 0.194 e. The molecule has 1 aliphatic rings. The van der Waals surface area contributed by atoms with Gasteiger partial charge in [-0.05, 0) is 37.6 Å².